The molecule has 0 N–H and O–H groups in total. The summed E-state index contributed by atoms with van der Waals surface area (Å²) in [6, 6.07) is 8.12. The van der Waals surface area contributed by atoms with Gasteiger partial charge in [0, 0.05) is 30.3 Å². The Morgan fingerprint density at radius 3 is 2.81 bits per heavy atom. The van der Waals surface area contributed by atoms with Gasteiger partial charge in [0.05, 0.1) is 6.20 Å². The average molecular weight is 210 g/mol. The van der Waals surface area contributed by atoms with E-state index in [1.165, 1.54) is 0 Å². The van der Waals surface area contributed by atoms with Crippen molar-refractivity contribution < 1.29 is 4.42 Å². The Labute approximate surface area is 92.8 Å². The fourth-order valence-corrected chi connectivity index (χ4v) is 1.73. The van der Waals surface area contributed by atoms with Gasteiger partial charge in [0.25, 0.3) is 0 Å². The molecule has 0 saturated carbocycles. The van der Waals surface area contributed by atoms with Gasteiger partial charge in [-0.25, -0.2) is 4.98 Å². The molecule has 1 aromatic carbocycles. The number of benzene rings is 1. The molecule has 3 aromatic rings. The minimum absolute atomic E-state index is 0.685. The number of oxazole rings is 1. The van der Waals surface area contributed by atoms with E-state index >= 15 is 0 Å². The summed E-state index contributed by atoms with van der Waals surface area (Å²) < 4.78 is 5.49. The summed E-state index contributed by atoms with van der Waals surface area (Å²) in [4.78, 5) is 8.18. The van der Waals surface area contributed by atoms with Gasteiger partial charge in [-0.2, -0.15) is 0 Å². The van der Waals surface area contributed by atoms with Crippen LogP contribution in [0.1, 0.15) is 5.89 Å². The Balaban J connectivity index is 2.18. The van der Waals surface area contributed by atoms with Gasteiger partial charge >= 0.3 is 0 Å². The van der Waals surface area contributed by atoms with Gasteiger partial charge in [-0.15, -0.1) is 0 Å². The highest BCUT2D eigenvalue weighted by atomic mass is 16.4. The van der Waals surface area contributed by atoms with E-state index in [1.807, 2.05) is 31.3 Å². The third-order valence-electron chi connectivity index (χ3n) is 2.55. The number of pyridine rings is 1. The highest BCUT2D eigenvalue weighted by molar-refractivity contribution is 5.85. The molecule has 0 radical (unpaired) electrons. The van der Waals surface area contributed by atoms with Gasteiger partial charge in [-0.05, 0) is 17.5 Å². The quantitative estimate of drug-likeness (QED) is 0.619. The van der Waals surface area contributed by atoms with Gasteiger partial charge in [0.2, 0.25) is 0 Å². The first-order valence-electron chi connectivity index (χ1n) is 5.09. The van der Waals surface area contributed by atoms with E-state index in [9.17, 15) is 0 Å². The third kappa shape index (κ3) is 1.46. The standard InChI is InChI=1S/C13H10N2O/c1-9-15-8-13(16-9)11-2-3-12-7-14-5-4-10(12)6-11/h2-8H,1H3. The highest BCUT2D eigenvalue weighted by Crippen LogP contribution is 2.24. The number of hydrogen-bond acceptors (Lipinski definition) is 3. The van der Waals surface area contributed by atoms with Crippen molar-refractivity contribution in [3.8, 4) is 11.3 Å². The van der Waals surface area contributed by atoms with E-state index in [-0.39, 0.29) is 0 Å². The van der Waals surface area contributed by atoms with Gasteiger partial charge in [0.1, 0.15) is 0 Å². The van der Waals surface area contributed by atoms with Crippen LogP contribution in [0, 0.1) is 6.92 Å². The number of aromatic nitrogens is 2. The predicted molar refractivity (Wildman–Crippen MR) is 62.0 cm³/mol. The van der Waals surface area contributed by atoms with E-state index in [1.54, 1.807) is 12.4 Å². The third-order valence-corrected chi connectivity index (χ3v) is 2.55. The maximum absolute atomic E-state index is 5.49. The van der Waals surface area contributed by atoms with Crippen molar-refractivity contribution in [3.63, 3.8) is 0 Å². The van der Waals surface area contributed by atoms with Crippen molar-refractivity contribution in [1.82, 2.24) is 9.97 Å². The molecule has 0 amide bonds. The molecule has 16 heavy (non-hydrogen) atoms. The molecule has 3 nitrogen and oxygen atoms in total. The largest absolute Gasteiger partial charge is 0.441 e. The summed E-state index contributed by atoms with van der Waals surface area (Å²) in [5.74, 6) is 1.49. The lowest BCUT2D eigenvalue weighted by Gasteiger charge is -1.99. The lowest BCUT2D eigenvalue weighted by molar-refractivity contribution is 0.534. The van der Waals surface area contributed by atoms with Crippen molar-refractivity contribution >= 4 is 10.8 Å². The fraction of sp³-hybridized carbons (Fsp3) is 0.0769. The smallest absolute Gasteiger partial charge is 0.191 e. The van der Waals surface area contributed by atoms with Crippen LogP contribution in [-0.2, 0) is 0 Å². The molecule has 3 heteroatoms. The average Bonchev–Trinajstić information content (AvgIpc) is 2.75. The molecule has 0 fully saturated rings. The first kappa shape index (κ1) is 9.09. The topological polar surface area (TPSA) is 38.9 Å². The zero-order valence-electron chi connectivity index (χ0n) is 8.84. The minimum atomic E-state index is 0.685. The number of nitrogens with zero attached hydrogens (tertiary/aromatic N) is 2. The van der Waals surface area contributed by atoms with Crippen LogP contribution in [-0.4, -0.2) is 9.97 Å². The van der Waals surface area contributed by atoms with Crippen molar-refractivity contribution in [2.45, 2.75) is 6.92 Å². The molecule has 2 heterocycles. The number of rotatable bonds is 1. The van der Waals surface area contributed by atoms with Crippen LogP contribution in [0.25, 0.3) is 22.1 Å². The second-order valence-electron chi connectivity index (χ2n) is 3.68. The first-order chi connectivity index (χ1) is 7.83. The Hall–Kier alpha value is -2.16. The van der Waals surface area contributed by atoms with Gasteiger partial charge in [0.15, 0.2) is 11.7 Å². The monoisotopic (exact) mass is 210 g/mol. The number of fused-ring (bicyclic) bond motifs is 1. The second-order valence-corrected chi connectivity index (χ2v) is 3.68. The minimum Gasteiger partial charge on any atom is -0.441 e. The summed E-state index contributed by atoms with van der Waals surface area (Å²) in [5, 5.41) is 2.28. The number of hydrogen-bond donors (Lipinski definition) is 0. The Morgan fingerprint density at radius 1 is 1.06 bits per heavy atom. The van der Waals surface area contributed by atoms with Crippen LogP contribution in [0.5, 0.6) is 0 Å². The van der Waals surface area contributed by atoms with Crippen LogP contribution < -0.4 is 0 Å². The predicted octanol–water partition coefficient (Wildman–Crippen LogP) is 3.20. The van der Waals surface area contributed by atoms with Gasteiger partial charge < -0.3 is 4.42 Å². The lowest BCUT2D eigenvalue weighted by atomic mass is 10.1. The normalized spacial score (nSPS) is 10.8. The fourth-order valence-electron chi connectivity index (χ4n) is 1.73. The van der Waals surface area contributed by atoms with E-state index in [0.717, 1.165) is 22.1 Å². The molecule has 3 rings (SSSR count). The van der Waals surface area contributed by atoms with Crippen molar-refractivity contribution in [2.24, 2.45) is 0 Å². The van der Waals surface area contributed by atoms with Gasteiger partial charge in [-0.1, -0.05) is 12.1 Å². The summed E-state index contributed by atoms with van der Waals surface area (Å²) >= 11 is 0. The van der Waals surface area contributed by atoms with Crippen LogP contribution in [0.15, 0.2) is 47.3 Å². The zero-order chi connectivity index (χ0) is 11.0. The second kappa shape index (κ2) is 3.45. The van der Waals surface area contributed by atoms with E-state index in [2.05, 4.69) is 16.0 Å². The van der Waals surface area contributed by atoms with E-state index in [0.29, 0.717) is 5.89 Å². The summed E-state index contributed by atoms with van der Waals surface area (Å²) in [6.07, 6.45) is 5.39. The van der Waals surface area contributed by atoms with Gasteiger partial charge in [-0.3, -0.25) is 4.98 Å². The molecular weight excluding hydrogens is 200 g/mol. The molecule has 0 unspecified atom stereocenters. The Bertz CT molecular complexity index is 643. The molecule has 0 aliphatic rings. The van der Waals surface area contributed by atoms with Crippen LogP contribution in [0.4, 0.5) is 0 Å². The van der Waals surface area contributed by atoms with E-state index in [4.69, 9.17) is 4.42 Å². The Morgan fingerprint density at radius 2 is 2.00 bits per heavy atom. The maximum atomic E-state index is 5.49. The highest BCUT2D eigenvalue weighted by Gasteiger charge is 2.04. The van der Waals surface area contributed by atoms with Crippen LogP contribution in [0.3, 0.4) is 0 Å². The molecule has 78 valence electrons. The molecule has 0 atom stereocenters. The molecule has 0 spiro atoms. The molecule has 0 bridgehead atoms. The summed E-state index contributed by atoms with van der Waals surface area (Å²) in [5.41, 5.74) is 1.04. The number of aryl methyl sites for hydroxylation is 1. The molecule has 2 aromatic heterocycles. The molecule has 0 aliphatic carbocycles. The van der Waals surface area contributed by atoms with Crippen molar-refractivity contribution in [3.05, 3.63) is 48.7 Å². The van der Waals surface area contributed by atoms with Crippen LogP contribution >= 0.6 is 0 Å². The maximum Gasteiger partial charge on any atom is 0.191 e. The zero-order valence-corrected chi connectivity index (χ0v) is 8.84. The lowest BCUT2D eigenvalue weighted by Crippen LogP contribution is -1.77. The van der Waals surface area contributed by atoms with Crippen molar-refractivity contribution in [2.75, 3.05) is 0 Å². The molecular formula is C13H10N2O. The first-order valence-corrected chi connectivity index (χ1v) is 5.09. The van der Waals surface area contributed by atoms with Crippen LogP contribution in [0.2, 0.25) is 0 Å². The Kier molecular flexibility index (Phi) is 1.96. The summed E-state index contributed by atoms with van der Waals surface area (Å²) in [6.45, 7) is 1.84. The SMILES string of the molecule is Cc1ncc(-c2ccc3cnccc3c2)o1. The van der Waals surface area contributed by atoms with Crippen molar-refractivity contribution in [1.29, 1.82) is 0 Å². The molecule has 0 saturated heterocycles. The van der Waals surface area contributed by atoms with E-state index < -0.39 is 0 Å². The molecule has 0 aliphatic heterocycles. The summed E-state index contributed by atoms with van der Waals surface area (Å²) in [7, 11) is 0.